The Kier molecular flexibility index (Phi) is 2.43. The first-order valence-corrected chi connectivity index (χ1v) is 6.68. The largest absolute Gasteiger partial charge is 0.462 e. The van der Waals surface area contributed by atoms with E-state index < -0.39 is 0 Å². The van der Waals surface area contributed by atoms with E-state index in [1.165, 1.54) is 24.2 Å². The second-order valence-corrected chi connectivity index (χ2v) is 5.31. The van der Waals surface area contributed by atoms with Crippen molar-refractivity contribution in [1.82, 2.24) is 9.38 Å². The number of thiazole rings is 1. The van der Waals surface area contributed by atoms with Gasteiger partial charge in [-0.05, 0) is 26.7 Å². The fourth-order valence-electron chi connectivity index (χ4n) is 1.93. The molecular formula is C12H14N2O2S. The van der Waals surface area contributed by atoms with Crippen LogP contribution >= 0.6 is 11.3 Å². The molecule has 1 aliphatic rings. The third kappa shape index (κ3) is 1.74. The molecule has 0 atom stereocenters. The quantitative estimate of drug-likeness (QED) is 0.787. The van der Waals surface area contributed by atoms with Gasteiger partial charge in [-0.2, -0.15) is 0 Å². The average molecular weight is 250 g/mol. The summed E-state index contributed by atoms with van der Waals surface area (Å²) in [5.41, 5.74) is 2.10. The number of hydrogen-bond donors (Lipinski definition) is 0. The van der Waals surface area contributed by atoms with Gasteiger partial charge in [0, 0.05) is 17.8 Å². The van der Waals surface area contributed by atoms with Crippen LogP contribution in [-0.4, -0.2) is 22.0 Å². The number of esters is 1. The number of aromatic nitrogens is 2. The predicted molar refractivity (Wildman–Crippen MR) is 65.7 cm³/mol. The van der Waals surface area contributed by atoms with E-state index in [1.807, 2.05) is 18.2 Å². The molecule has 0 radical (unpaired) electrons. The molecule has 0 saturated heterocycles. The number of fused-ring (bicyclic) bond motifs is 1. The Balaban J connectivity index is 2.01. The lowest BCUT2D eigenvalue weighted by Gasteiger charge is -1.99. The molecule has 2 aromatic rings. The number of carbonyl (C=O) groups excluding carboxylic acids is 1. The fraction of sp³-hybridized carbons (Fsp3) is 0.500. The van der Waals surface area contributed by atoms with Gasteiger partial charge in [0.25, 0.3) is 0 Å². The van der Waals surface area contributed by atoms with Gasteiger partial charge in [-0.25, -0.2) is 9.78 Å². The van der Waals surface area contributed by atoms with Crippen molar-refractivity contribution in [2.75, 3.05) is 6.61 Å². The van der Waals surface area contributed by atoms with Gasteiger partial charge in [-0.3, -0.25) is 4.40 Å². The Morgan fingerprint density at radius 2 is 2.41 bits per heavy atom. The van der Waals surface area contributed by atoms with Crippen LogP contribution < -0.4 is 0 Å². The molecule has 0 unspecified atom stereocenters. The van der Waals surface area contributed by atoms with E-state index >= 15 is 0 Å². The van der Waals surface area contributed by atoms with Crippen molar-refractivity contribution in [2.24, 2.45) is 0 Å². The minimum absolute atomic E-state index is 0.242. The van der Waals surface area contributed by atoms with E-state index in [0.717, 1.165) is 16.3 Å². The standard InChI is InChI=1S/C12H14N2O2S/c1-3-16-11(15)10-7(2)14-6-9(8-4-5-8)13-12(14)17-10/h6,8H,3-5H2,1-2H3. The third-order valence-electron chi connectivity index (χ3n) is 3.03. The summed E-state index contributed by atoms with van der Waals surface area (Å²) in [6.07, 6.45) is 4.55. The molecule has 3 rings (SSSR count). The molecule has 1 saturated carbocycles. The van der Waals surface area contributed by atoms with Crippen molar-refractivity contribution in [1.29, 1.82) is 0 Å². The number of imidazole rings is 1. The van der Waals surface area contributed by atoms with Crippen molar-refractivity contribution in [3.05, 3.63) is 22.5 Å². The third-order valence-corrected chi connectivity index (χ3v) is 4.17. The second kappa shape index (κ2) is 3.84. The molecule has 4 nitrogen and oxygen atoms in total. The van der Waals surface area contributed by atoms with Crippen molar-refractivity contribution in [3.8, 4) is 0 Å². The molecule has 0 bridgehead atoms. The number of aryl methyl sites for hydroxylation is 1. The highest BCUT2D eigenvalue weighted by molar-refractivity contribution is 7.19. The van der Waals surface area contributed by atoms with Gasteiger partial charge in [-0.1, -0.05) is 11.3 Å². The Morgan fingerprint density at radius 3 is 3.00 bits per heavy atom. The molecule has 0 aliphatic heterocycles. The minimum Gasteiger partial charge on any atom is -0.462 e. The first-order valence-electron chi connectivity index (χ1n) is 5.86. The topological polar surface area (TPSA) is 43.6 Å². The molecule has 2 aromatic heterocycles. The lowest BCUT2D eigenvalue weighted by atomic mass is 10.3. The van der Waals surface area contributed by atoms with Crippen LogP contribution in [0.3, 0.4) is 0 Å². The number of rotatable bonds is 3. The van der Waals surface area contributed by atoms with Gasteiger partial charge in [0.05, 0.1) is 12.3 Å². The SMILES string of the molecule is CCOC(=O)c1sc2nc(C3CC3)cn2c1C. The molecule has 5 heteroatoms. The zero-order valence-corrected chi connectivity index (χ0v) is 10.7. The van der Waals surface area contributed by atoms with Crippen LogP contribution in [0.15, 0.2) is 6.20 Å². The molecule has 1 fully saturated rings. The maximum atomic E-state index is 11.7. The number of nitrogens with zero attached hydrogens (tertiary/aromatic N) is 2. The summed E-state index contributed by atoms with van der Waals surface area (Å²) in [4.78, 5) is 17.8. The molecule has 0 amide bonds. The molecular weight excluding hydrogens is 236 g/mol. The lowest BCUT2D eigenvalue weighted by Crippen LogP contribution is -2.04. The summed E-state index contributed by atoms with van der Waals surface area (Å²) in [6, 6.07) is 0. The molecule has 90 valence electrons. The van der Waals surface area contributed by atoms with Crippen LogP contribution in [0.2, 0.25) is 0 Å². The molecule has 17 heavy (non-hydrogen) atoms. The summed E-state index contributed by atoms with van der Waals surface area (Å²) in [5.74, 6) is 0.404. The smallest absolute Gasteiger partial charge is 0.350 e. The molecule has 0 N–H and O–H groups in total. The second-order valence-electron chi connectivity index (χ2n) is 4.33. The Bertz CT molecular complexity index is 581. The van der Waals surface area contributed by atoms with Crippen LogP contribution in [0.1, 0.15) is 46.7 Å². The molecule has 1 aliphatic carbocycles. The maximum absolute atomic E-state index is 11.7. The monoisotopic (exact) mass is 250 g/mol. The highest BCUT2D eigenvalue weighted by Crippen LogP contribution is 2.40. The van der Waals surface area contributed by atoms with E-state index in [-0.39, 0.29) is 5.97 Å². The zero-order chi connectivity index (χ0) is 12.0. The van der Waals surface area contributed by atoms with Gasteiger partial charge in [0.1, 0.15) is 4.88 Å². The zero-order valence-electron chi connectivity index (χ0n) is 9.90. The molecule has 2 heterocycles. The predicted octanol–water partition coefficient (Wildman–Crippen LogP) is 2.76. The summed E-state index contributed by atoms with van der Waals surface area (Å²) in [5, 5.41) is 0. The lowest BCUT2D eigenvalue weighted by molar-refractivity contribution is 0.0531. The van der Waals surface area contributed by atoms with Gasteiger partial charge >= 0.3 is 5.97 Å². The van der Waals surface area contributed by atoms with E-state index in [1.54, 1.807) is 0 Å². The number of ether oxygens (including phenoxy) is 1. The first-order chi connectivity index (χ1) is 8.20. The van der Waals surface area contributed by atoms with Crippen molar-refractivity contribution >= 4 is 22.3 Å². The van der Waals surface area contributed by atoms with Gasteiger partial charge in [-0.15, -0.1) is 0 Å². The summed E-state index contributed by atoms with van der Waals surface area (Å²) < 4.78 is 7.03. The van der Waals surface area contributed by atoms with Crippen molar-refractivity contribution in [2.45, 2.75) is 32.6 Å². The number of hydrogen-bond acceptors (Lipinski definition) is 4. The van der Waals surface area contributed by atoms with Crippen molar-refractivity contribution < 1.29 is 9.53 Å². The highest BCUT2D eigenvalue weighted by atomic mass is 32.1. The fourth-order valence-corrected chi connectivity index (χ4v) is 2.94. The Hall–Kier alpha value is -1.36. The first kappa shape index (κ1) is 10.8. The normalized spacial score (nSPS) is 15.4. The summed E-state index contributed by atoms with van der Waals surface area (Å²) in [6.45, 7) is 4.16. The van der Waals surface area contributed by atoms with Crippen LogP contribution in [-0.2, 0) is 4.74 Å². The van der Waals surface area contributed by atoms with E-state index in [4.69, 9.17) is 4.74 Å². The number of carbonyl (C=O) groups is 1. The summed E-state index contributed by atoms with van der Waals surface area (Å²) in [7, 11) is 0. The van der Waals surface area contributed by atoms with E-state index in [9.17, 15) is 4.79 Å². The Labute approximate surface area is 103 Å². The average Bonchev–Trinajstić information content (AvgIpc) is 2.99. The molecule has 0 spiro atoms. The van der Waals surface area contributed by atoms with E-state index in [2.05, 4.69) is 11.2 Å². The van der Waals surface area contributed by atoms with E-state index in [0.29, 0.717) is 17.4 Å². The van der Waals surface area contributed by atoms with Crippen LogP contribution in [0, 0.1) is 6.92 Å². The van der Waals surface area contributed by atoms with Gasteiger partial charge in [0.2, 0.25) is 0 Å². The highest BCUT2D eigenvalue weighted by Gasteiger charge is 2.28. The summed E-state index contributed by atoms with van der Waals surface area (Å²) >= 11 is 1.42. The van der Waals surface area contributed by atoms with Crippen molar-refractivity contribution in [3.63, 3.8) is 0 Å². The van der Waals surface area contributed by atoms with Crippen LogP contribution in [0.4, 0.5) is 0 Å². The molecule has 0 aromatic carbocycles. The Morgan fingerprint density at radius 1 is 1.65 bits per heavy atom. The minimum atomic E-state index is -0.242. The van der Waals surface area contributed by atoms with Gasteiger partial charge in [0.15, 0.2) is 4.96 Å². The van der Waals surface area contributed by atoms with Crippen LogP contribution in [0.25, 0.3) is 4.96 Å². The van der Waals surface area contributed by atoms with Gasteiger partial charge < -0.3 is 4.74 Å². The van der Waals surface area contributed by atoms with Crippen LogP contribution in [0.5, 0.6) is 0 Å². The maximum Gasteiger partial charge on any atom is 0.350 e.